The summed E-state index contributed by atoms with van der Waals surface area (Å²) in [5.74, 6) is -1.26. The Hall–Kier alpha value is -4.28. The number of amides is 1. The van der Waals surface area contributed by atoms with E-state index in [9.17, 15) is 23.4 Å². The summed E-state index contributed by atoms with van der Waals surface area (Å²) in [6, 6.07) is 20.8. The van der Waals surface area contributed by atoms with Crippen molar-refractivity contribution in [2.45, 2.75) is 4.90 Å². The van der Waals surface area contributed by atoms with Gasteiger partial charge in [0.2, 0.25) is 10.0 Å². The molecule has 4 aromatic carbocycles. The average molecular weight is 477 g/mol. The number of phenolic OH excluding ortho intramolecular Hbond substituents is 2. The Morgan fingerprint density at radius 2 is 1.59 bits per heavy atom. The van der Waals surface area contributed by atoms with Crippen molar-refractivity contribution in [3.63, 3.8) is 0 Å². The summed E-state index contributed by atoms with van der Waals surface area (Å²) in [5.41, 5.74) is 0.402. The van der Waals surface area contributed by atoms with E-state index in [1.807, 2.05) is 6.07 Å². The monoisotopic (exact) mass is 476 g/mol. The molecule has 4 rings (SSSR count). The van der Waals surface area contributed by atoms with Crippen LogP contribution in [0.2, 0.25) is 0 Å². The predicted octanol–water partition coefficient (Wildman–Crippen LogP) is 4.83. The smallest absolute Gasteiger partial charge is 0.259 e. The van der Waals surface area contributed by atoms with Gasteiger partial charge in [0, 0.05) is 11.1 Å². The summed E-state index contributed by atoms with van der Waals surface area (Å²) in [6.07, 6.45) is 0. The van der Waals surface area contributed by atoms with Crippen molar-refractivity contribution >= 4 is 43.8 Å². The third kappa shape index (κ3) is 4.58. The molecule has 0 aliphatic heterocycles. The fourth-order valence-electron chi connectivity index (χ4n) is 3.28. The normalized spacial score (nSPS) is 11.7. The molecule has 172 valence electrons. The molecule has 0 aromatic heterocycles. The van der Waals surface area contributed by atoms with Crippen molar-refractivity contribution in [1.29, 1.82) is 0 Å². The van der Waals surface area contributed by atoms with Gasteiger partial charge in [-0.3, -0.25) is 4.79 Å². The molecule has 0 spiro atoms. The highest BCUT2D eigenvalue weighted by atomic mass is 32.2. The van der Waals surface area contributed by atoms with Gasteiger partial charge in [0.25, 0.3) is 5.91 Å². The molecular formula is C24H20N4O5S. The van der Waals surface area contributed by atoms with Gasteiger partial charge in [-0.2, -0.15) is 0 Å². The van der Waals surface area contributed by atoms with Crippen LogP contribution in [0.5, 0.6) is 11.5 Å². The number of benzene rings is 4. The fraction of sp³-hybridized carbons (Fsp3) is 0.0417. The van der Waals surface area contributed by atoms with Crippen LogP contribution >= 0.6 is 0 Å². The third-order valence-corrected chi connectivity index (χ3v) is 6.47. The molecule has 0 aliphatic rings. The van der Waals surface area contributed by atoms with Crippen molar-refractivity contribution in [2.75, 3.05) is 12.4 Å². The highest BCUT2D eigenvalue weighted by molar-refractivity contribution is 7.89. The molecule has 0 radical (unpaired) electrons. The number of hydrogen-bond donors (Lipinski definition) is 4. The minimum absolute atomic E-state index is 0.00223. The second-order valence-electron chi connectivity index (χ2n) is 7.22. The van der Waals surface area contributed by atoms with Gasteiger partial charge in [0.05, 0.1) is 10.5 Å². The third-order valence-electron chi connectivity index (χ3n) is 5.06. The maximum absolute atomic E-state index is 12.9. The summed E-state index contributed by atoms with van der Waals surface area (Å²) in [4.78, 5) is 12.8. The van der Waals surface area contributed by atoms with Crippen molar-refractivity contribution < 1.29 is 23.4 Å². The second-order valence-corrected chi connectivity index (χ2v) is 9.11. The van der Waals surface area contributed by atoms with E-state index in [-0.39, 0.29) is 27.6 Å². The van der Waals surface area contributed by atoms with Crippen molar-refractivity contribution in [3.8, 4) is 11.5 Å². The number of sulfonamides is 1. The Kier molecular flexibility index (Phi) is 6.26. The van der Waals surface area contributed by atoms with Gasteiger partial charge < -0.3 is 15.5 Å². The molecule has 0 atom stereocenters. The first-order valence-electron chi connectivity index (χ1n) is 10.1. The van der Waals surface area contributed by atoms with Crippen LogP contribution in [0.1, 0.15) is 10.4 Å². The van der Waals surface area contributed by atoms with E-state index >= 15 is 0 Å². The molecule has 0 unspecified atom stereocenters. The number of phenols is 2. The standard InChI is InChI=1S/C24H20N4O5S/c1-25-34(32,33)17-11-12-21(29)20(14-17)27-28-22-18-10-6-5-7-15(18)13-19(23(22)30)24(31)26-16-8-3-2-4-9-16/h2-14,25,29-30H,1H3,(H,26,31). The van der Waals surface area contributed by atoms with Crippen LogP contribution in [0.25, 0.3) is 10.8 Å². The lowest BCUT2D eigenvalue weighted by Gasteiger charge is -2.11. The van der Waals surface area contributed by atoms with Gasteiger partial charge in [0.15, 0.2) is 5.75 Å². The average Bonchev–Trinajstić information content (AvgIpc) is 2.84. The van der Waals surface area contributed by atoms with Crippen molar-refractivity contribution in [2.24, 2.45) is 10.2 Å². The SMILES string of the molecule is CNS(=O)(=O)c1ccc(O)c(N=Nc2c(O)c(C(=O)Nc3ccccc3)cc3ccccc23)c1. The zero-order valence-corrected chi connectivity index (χ0v) is 18.7. The molecule has 0 heterocycles. The molecule has 0 aliphatic carbocycles. The van der Waals surface area contributed by atoms with Crippen LogP contribution in [0.15, 0.2) is 94.0 Å². The predicted molar refractivity (Wildman–Crippen MR) is 129 cm³/mol. The number of azo groups is 1. The van der Waals surface area contributed by atoms with Crippen LogP contribution in [0, 0.1) is 0 Å². The number of nitrogens with one attached hydrogen (secondary N) is 2. The molecule has 0 bridgehead atoms. The minimum atomic E-state index is -3.78. The zero-order chi connectivity index (χ0) is 24.3. The van der Waals surface area contributed by atoms with E-state index in [4.69, 9.17) is 0 Å². The number of carbonyl (C=O) groups excluding carboxylic acids is 1. The number of nitrogens with zero attached hydrogens (tertiary/aromatic N) is 2. The molecular weight excluding hydrogens is 456 g/mol. The lowest BCUT2D eigenvalue weighted by Crippen LogP contribution is -2.18. The van der Waals surface area contributed by atoms with Crippen LogP contribution in [-0.4, -0.2) is 31.6 Å². The van der Waals surface area contributed by atoms with E-state index in [0.717, 1.165) is 6.07 Å². The van der Waals surface area contributed by atoms with Gasteiger partial charge in [-0.15, -0.1) is 10.2 Å². The number of aromatic hydroxyl groups is 2. The largest absolute Gasteiger partial charge is 0.506 e. The molecule has 10 heteroatoms. The Morgan fingerprint density at radius 3 is 2.32 bits per heavy atom. The Morgan fingerprint density at radius 1 is 0.882 bits per heavy atom. The first-order chi connectivity index (χ1) is 16.3. The van der Waals surface area contributed by atoms with Crippen LogP contribution in [0.3, 0.4) is 0 Å². The van der Waals surface area contributed by atoms with Gasteiger partial charge in [-0.25, -0.2) is 13.1 Å². The van der Waals surface area contributed by atoms with Crippen LogP contribution < -0.4 is 10.0 Å². The lowest BCUT2D eigenvalue weighted by molar-refractivity contribution is 0.102. The number of para-hydroxylation sites is 1. The van der Waals surface area contributed by atoms with E-state index in [1.165, 1.54) is 19.2 Å². The van der Waals surface area contributed by atoms with Crippen LogP contribution in [-0.2, 0) is 10.0 Å². The Balaban J connectivity index is 1.80. The molecule has 9 nitrogen and oxygen atoms in total. The molecule has 4 N–H and O–H groups in total. The molecule has 0 fully saturated rings. The van der Waals surface area contributed by atoms with E-state index in [1.54, 1.807) is 54.6 Å². The van der Waals surface area contributed by atoms with E-state index in [2.05, 4.69) is 20.3 Å². The maximum atomic E-state index is 12.9. The molecule has 0 saturated heterocycles. The highest BCUT2D eigenvalue weighted by Crippen LogP contribution is 2.40. The van der Waals surface area contributed by atoms with Crippen molar-refractivity contribution in [3.05, 3.63) is 84.4 Å². The highest BCUT2D eigenvalue weighted by Gasteiger charge is 2.19. The number of carbonyl (C=O) groups is 1. The molecule has 34 heavy (non-hydrogen) atoms. The van der Waals surface area contributed by atoms with Gasteiger partial charge in [0.1, 0.15) is 17.1 Å². The minimum Gasteiger partial charge on any atom is -0.506 e. The van der Waals surface area contributed by atoms with Gasteiger partial charge in [-0.05, 0) is 48.8 Å². The van der Waals surface area contributed by atoms with E-state index < -0.39 is 21.7 Å². The summed E-state index contributed by atoms with van der Waals surface area (Å²) in [6.45, 7) is 0. The number of rotatable bonds is 6. The summed E-state index contributed by atoms with van der Waals surface area (Å²) in [5, 5.41) is 33.0. The van der Waals surface area contributed by atoms with E-state index in [0.29, 0.717) is 16.5 Å². The topological polar surface area (TPSA) is 140 Å². The number of hydrogen-bond acceptors (Lipinski definition) is 7. The van der Waals surface area contributed by atoms with Crippen molar-refractivity contribution in [1.82, 2.24) is 4.72 Å². The Labute approximate surface area is 195 Å². The first-order valence-corrected chi connectivity index (χ1v) is 11.6. The molecule has 4 aromatic rings. The number of fused-ring (bicyclic) bond motifs is 1. The second kappa shape index (κ2) is 9.30. The van der Waals surface area contributed by atoms with Gasteiger partial charge in [-0.1, -0.05) is 42.5 Å². The Bertz CT molecular complexity index is 1520. The van der Waals surface area contributed by atoms with Gasteiger partial charge >= 0.3 is 0 Å². The summed E-state index contributed by atoms with van der Waals surface area (Å²) < 4.78 is 26.4. The fourth-order valence-corrected chi connectivity index (χ4v) is 4.03. The molecule has 1 amide bonds. The zero-order valence-electron chi connectivity index (χ0n) is 17.9. The lowest BCUT2D eigenvalue weighted by atomic mass is 10.0. The summed E-state index contributed by atoms with van der Waals surface area (Å²) >= 11 is 0. The molecule has 0 saturated carbocycles. The summed E-state index contributed by atoms with van der Waals surface area (Å²) in [7, 11) is -2.51. The van der Waals surface area contributed by atoms with Crippen LogP contribution in [0.4, 0.5) is 17.1 Å². The quantitative estimate of drug-likeness (QED) is 0.295. The maximum Gasteiger partial charge on any atom is 0.259 e. The number of anilines is 1. The first kappa shape index (κ1) is 22.9.